The highest BCUT2D eigenvalue weighted by Gasteiger charge is 2.35. The van der Waals surface area contributed by atoms with Gasteiger partial charge in [-0.1, -0.05) is 50.2 Å². The Morgan fingerprint density at radius 3 is 1.96 bits per heavy atom. The van der Waals surface area contributed by atoms with E-state index in [1.807, 2.05) is 42.5 Å². The van der Waals surface area contributed by atoms with Gasteiger partial charge in [-0.15, -0.1) is 15.3 Å². The second-order valence-corrected chi connectivity index (χ2v) is 13.1. The van der Waals surface area contributed by atoms with Crippen LogP contribution in [0.3, 0.4) is 0 Å². The lowest BCUT2D eigenvalue weighted by Gasteiger charge is -2.46. The highest BCUT2D eigenvalue weighted by molar-refractivity contribution is 6.10. The quantitative estimate of drug-likeness (QED) is 0.115. The van der Waals surface area contributed by atoms with E-state index in [-0.39, 0.29) is 37.9 Å². The Hall–Kier alpha value is -5.19. The number of hydrogen-bond acceptors (Lipinski definition) is 9. The van der Waals surface area contributed by atoms with Crippen LogP contribution in [0.4, 0.5) is 34.1 Å². The first-order chi connectivity index (χ1) is 23.7. The number of aliphatic hydroxyl groups is 2. The number of nitrogens with zero attached hydrogens (tertiary/aromatic N) is 6. The SMILES string of the molecule is CC(C)CCC1(C)Nc2ccc(N=Nc3ccc(N=Nc4ccc(C(=O)N(CCO)CCO)cc4)c4ccccc34)c3cccc(c23)N1C. The molecule has 5 aromatic rings. The Bertz CT molecular complexity index is 2020. The van der Waals surface area contributed by atoms with Gasteiger partial charge in [0.15, 0.2) is 0 Å². The molecule has 252 valence electrons. The van der Waals surface area contributed by atoms with Gasteiger partial charge in [0.25, 0.3) is 5.91 Å². The maximum Gasteiger partial charge on any atom is 0.254 e. The highest BCUT2D eigenvalue weighted by atomic mass is 16.3. The smallest absolute Gasteiger partial charge is 0.254 e. The Morgan fingerprint density at radius 1 is 0.776 bits per heavy atom. The minimum atomic E-state index is -0.265. The molecular formula is C39H43N7O3. The van der Waals surface area contributed by atoms with E-state index >= 15 is 0 Å². The lowest BCUT2D eigenvalue weighted by molar-refractivity contribution is 0.0685. The van der Waals surface area contributed by atoms with Gasteiger partial charge in [-0.3, -0.25) is 4.79 Å². The molecule has 0 spiro atoms. The number of nitrogens with one attached hydrogen (secondary N) is 1. The Balaban J connectivity index is 1.25. The molecule has 0 bridgehead atoms. The molecule has 10 nitrogen and oxygen atoms in total. The molecule has 3 N–H and O–H groups in total. The topological polar surface area (TPSA) is 125 Å². The van der Waals surface area contributed by atoms with Crippen LogP contribution in [0.1, 0.15) is 44.0 Å². The molecule has 0 fully saturated rings. The van der Waals surface area contributed by atoms with E-state index in [2.05, 4.69) is 72.5 Å². The van der Waals surface area contributed by atoms with Gasteiger partial charge in [0.2, 0.25) is 0 Å². The van der Waals surface area contributed by atoms with Crippen LogP contribution in [-0.4, -0.2) is 60.0 Å². The fourth-order valence-electron chi connectivity index (χ4n) is 6.35. The number of benzene rings is 5. The number of anilines is 2. The van der Waals surface area contributed by atoms with Crippen molar-refractivity contribution in [2.75, 3.05) is 43.6 Å². The average Bonchev–Trinajstić information content (AvgIpc) is 3.12. The molecule has 1 aliphatic rings. The summed E-state index contributed by atoms with van der Waals surface area (Å²) in [5.41, 5.74) is 5.35. The number of aliphatic hydroxyl groups excluding tert-OH is 2. The van der Waals surface area contributed by atoms with Crippen LogP contribution in [0.25, 0.3) is 21.5 Å². The van der Waals surface area contributed by atoms with Crippen LogP contribution in [-0.2, 0) is 0 Å². The van der Waals surface area contributed by atoms with Gasteiger partial charge in [0.05, 0.1) is 36.0 Å². The van der Waals surface area contributed by atoms with E-state index in [1.54, 1.807) is 24.3 Å². The molecule has 1 unspecified atom stereocenters. The third-order valence-electron chi connectivity index (χ3n) is 9.27. The predicted molar refractivity (Wildman–Crippen MR) is 197 cm³/mol. The standard InChI is InChI=1S/C39H43N7O3/c1-26(2)20-21-39(3)40-35-19-18-34(31-10-7-11-36(37(31)35)45(39)4)44-43-33-17-16-32(29-8-5-6-9-30(29)33)42-41-28-14-12-27(13-15-28)38(49)46(22-24-47)23-25-48/h5-19,26,40,47-48H,20-25H2,1-4H3. The van der Waals surface area contributed by atoms with Gasteiger partial charge in [-0.2, -0.15) is 5.11 Å². The predicted octanol–water partition coefficient (Wildman–Crippen LogP) is 9.26. The second kappa shape index (κ2) is 14.5. The molecule has 1 amide bonds. The Labute approximate surface area is 286 Å². The van der Waals surface area contributed by atoms with Crippen LogP contribution in [0.2, 0.25) is 0 Å². The van der Waals surface area contributed by atoms with E-state index in [4.69, 9.17) is 10.2 Å². The summed E-state index contributed by atoms with van der Waals surface area (Å²) in [7, 11) is 2.16. The average molecular weight is 658 g/mol. The molecule has 0 aliphatic carbocycles. The van der Waals surface area contributed by atoms with Crippen LogP contribution in [0.5, 0.6) is 0 Å². The summed E-state index contributed by atoms with van der Waals surface area (Å²) in [6.07, 6.45) is 2.17. The molecule has 0 aromatic heterocycles. The van der Waals surface area contributed by atoms with Gasteiger partial charge < -0.3 is 25.3 Å². The van der Waals surface area contributed by atoms with E-state index < -0.39 is 0 Å². The summed E-state index contributed by atoms with van der Waals surface area (Å²) in [5.74, 6) is 0.365. The summed E-state index contributed by atoms with van der Waals surface area (Å²) in [4.78, 5) is 16.5. The molecule has 1 aliphatic heterocycles. The van der Waals surface area contributed by atoms with Crippen LogP contribution in [0.15, 0.2) is 111 Å². The summed E-state index contributed by atoms with van der Waals surface area (Å²) < 4.78 is 0. The zero-order chi connectivity index (χ0) is 34.5. The third-order valence-corrected chi connectivity index (χ3v) is 9.27. The van der Waals surface area contributed by atoms with Crippen molar-refractivity contribution in [3.63, 3.8) is 0 Å². The number of hydrogen-bond donors (Lipinski definition) is 3. The molecule has 0 saturated carbocycles. The number of azo groups is 2. The maximum atomic E-state index is 12.8. The molecule has 1 atom stereocenters. The lowest BCUT2D eigenvalue weighted by Crippen LogP contribution is -2.52. The minimum absolute atomic E-state index is 0.153. The lowest BCUT2D eigenvalue weighted by atomic mass is 9.92. The number of fused-ring (bicyclic) bond motifs is 1. The van der Waals surface area contributed by atoms with Crippen molar-refractivity contribution in [2.24, 2.45) is 26.4 Å². The summed E-state index contributed by atoms with van der Waals surface area (Å²) in [6, 6.07) is 29.0. The molecule has 0 radical (unpaired) electrons. The summed E-state index contributed by atoms with van der Waals surface area (Å²) in [6.45, 7) is 6.76. The summed E-state index contributed by atoms with van der Waals surface area (Å²) >= 11 is 0. The van der Waals surface area contributed by atoms with Crippen molar-refractivity contribution in [1.82, 2.24) is 4.90 Å². The van der Waals surface area contributed by atoms with Crippen LogP contribution >= 0.6 is 0 Å². The normalized spacial score (nSPS) is 15.9. The highest BCUT2D eigenvalue weighted by Crippen LogP contribution is 2.46. The van der Waals surface area contributed by atoms with E-state index in [0.29, 0.717) is 22.9 Å². The van der Waals surface area contributed by atoms with E-state index in [9.17, 15) is 15.0 Å². The van der Waals surface area contributed by atoms with Crippen molar-refractivity contribution in [2.45, 2.75) is 39.3 Å². The Morgan fingerprint density at radius 2 is 1.35 bits per heavy atom. The number of amides is 1. The molecule has 5 aromatic carbocycles. The molecule has 6 rings (SSSR count). The monoisotopic (exact) mass is 657 g/mol. The maximum absolute atomic E-state index is 12.8. The fraction of sp³-hybridized carbons (Fsp3) is 0.308. The van der Waals surface area contributed by atoms with Gasteiger partial charge in [0.1, 0.15) is 5.66 Å². The first-order valence-corrected chi connectivity index (χ1v) is 16.8. The van der Waals surface area contributed by atoms with Gasteiger partial charge >= 0.3 is 0 Å². The number of carbonyl (C=O) groups excluding carboxylic acids is 1. The minimum Gasteiger partial charge on any atom is -0.395 e. The first kappa shape index (κ1) is 33.7. The van der Waals surface area contributed by atoms with Crippen molar-refractivity contribution in [3.8, 4) is 0 Å². The second-order valence-electron chi connectivity index (χ2n) is 13.1. The Kier molecular flexibility index (Phi) is 9.98. The van der Waals surface area contributed by atoms with Crippen LogP contribution in [0, 0.1) is 5.92 Å². The molecule has 1 heterocycles. The van der Waals surface area contributed by atoms with Crippen molar-refractivity contribution < 1.29 is 15.0 Å². The largest absolute Gasteiger partial charge is 0.395 e. The molecular weight excluding hydrogens is 614 g/mol. The van der Waals surface area contributed by atoms with Gasteiger partial charge in [0, 0.05) is 58.6 Å². The molecule has 10 heteroatoms. The number of carbonyl (C=O) groups is 1. The number of rotatable bonds is 12. The molecule has 49 heavy (non-hydrogen) atoms. The van der Waals surface area contributed by atoms with Crippen LogP contribution < -0.4 is 10.2 Å². The fourth-order valence-corrected chi connectivity index (χ4v) is 6.35. The third kappa shape index (κ3) is 7.02. The zero-order valence-corrected chi connectivity index (χ0v) is 28.5. The van der Waals surface area contributed by atoms with Gasteiger partial charge in [-0.25, -0.2) is 0 Å². The molecule has 0 saturated heterocycles. The van der Waals surface area contributed by atoms with Crippen molar-refractivity contribution in [3.05, 3.63) is 96.6 Å². The van der Waals surface area contributed by atoms with E-state index in [0.717, 1.165) is 51.4 Å². The zero-order valence-electron chi connectivity index (χ0n) is 28.5. The summed E-state index contributed by atoms with van der Waals surface area (Å²) in [5, 5.41) is 44.8. The van der Waals surface area contributed by atoms with Crippen molar-refractivity contribution >= 4 is 61.6 Å². The van der Waals surface area contributed by atoms with Gasteiger partial charge in [-0.05, 0) is 80.3 Å². The van der Waals surface area contributed by atoms with E-state index in [1.165, 1.54) is 10.6 Å². The van der Waals surface area contributed by atoms with Crippen molar-refractivity contribution in [1.29, 1.82) is 0 Å². The first-order valence-electron chi connectivity index (χ1n) is 16.8.